The van der Waals surface area contributed by atoms with Crippen LogP contribution >= 0.6 is 0 Å². The van der Waals surface area contributed by atoms with Crippen molar-refractivity contribution >= 4 is 18.0 Å². The van der Waals surface area contributed by atoms with Crippen molar-refractivity contribution in [3.63, 3.8) is 0 Å². The molecule has 0 saturated carbocycles. The lowest BCUT2D eigenvalue weighted by atomic mass is 10.1. The van der Waals surface area contributed by atoms with E-state index in [2.05, 4.69) is 0 Å². The molecule has 0 aliphatic carbocycles. The lowest BCUT2D eigenvalue weighted by Crippen LogP contribution is -2.35. The molecular formula is C27H27NO3. The van der Waals surface area contributed by atoms with Gasteiger partial charge in [0.1, 0.15) is 0 Å². The molecule has 0 heterocycles. The second kappa shape index (κ2) is 11.5. The molecule has 3 aromatic carbocycles. The summed E-state index contributed by atoms with van der Waals surface area (Å²) >= 11 is 0. The summed E-state index contributed by atoms with van der Waals surface area (Å²) in [6.45, 7) is 2.75. The topological polar surface area (TPSA) is 46.6 Å². The average Bonchev–Trinajstić information content (AvgIpc) is 2.81. The molecule has 0 radical (unpaired) electrons. The van der Waals surface area contributed by atoms with Gasteiger partial charge in [0.15, 0.2) is 6.61 Å². The minimum atomic E-state index is -0.531. The SMILES string of the molecule is Cc1ccc(/C=C/C(=O)OCC(=O)N(CCc2ccccc2)Cc2ccccc2)cc1. The zero-order valence-corrected chi connectivity index (χ0v) is 17.7. The molecule has 0 aromatic heterocycles. The normalized spacial score (nSPS) is 10.7. The van der Waals surface area contributed by atoms with Gasteiger partial charge in [-0.1, -0.05) is 90.5 Å². The fourth-order valence-electron chi connectivity index (χ4n) is 3.12. The van der Waals surface area contributed by atoms with E-state index in [1.807, 2.05) is 91.9 Å². The Labute approximate surface area is 183 Å². The van der Waals surface area contributed by atoms with Gasteiger partial charge in [0.2, 0.25) is 0 Å². The van der Waals surface area contributed by atoms with Crippen LogP contribution < -0.4 is 0 Å². The van der Waals surface area contributed by atoms with Gasteiger partial charge in [-0.3, -0.25) is 4.79 Å². The lowest BCUT2D eigenvalue weighted by Gasteiger charge is -2.23. The van der Waals surface area contributed by atoms with Gasteiger partial charge in [-0.25, -0.2) is 4.79 Å². The largest absolute Gasteiger partial charge is 0.452 e. The van der Waals surface area contributed by atoms with Crippen LogP contribution in [0.3, 0.4) is 0 Å². The van der Waals surface area contributed by atoms with Crippen molar-refractivity contribution in [1.29, 1.82) is 0 Å². The zero-order chi connectivity index (χ0) is 21.9. The Kier molecular flexibility index (Phi) is 8.18. The maximum absolute atomic E-state index is 12.8. The van der Waals surface area contributed by atoms with E-state index in [1.54, 1.807) is 11.0 Å². The Hall–Kier alpha value is -3.66. The Morgan fingerprint density at radius 2 is 1.45 bits per heavy atom. The predicted octanol–water partition coefficient (Wildman–Crippen LogP) is 4.82. The minimum absolute atomic E-state index is 0.211. The molecule has 0 saturated heterocycles. The molecule has 158 valence electrons. The number of amides is 1. The van der Waals surface area contributed by atoms with Crippen molar-refractivity contribution in [1.82, 2.24) is 4.90 Å². The van der Waals surface area contributed by atoms with Crippen molar-refractivity contribution in [3.8, 4) is 0 Å². The van der Waals surface area contributed by atoms with Gasteiger partial charge < -0.3 is 9.64 Å². The summed E-state index contributed by atoms with van der Waals surface area (Å²) in [5.74, 6) is -0.742. The van der Waals surface area contributed by atoms with Crippen LogP contribution in [0.25, 0.3) is 6.08 Å². The van der Waals surface area contributed by atoms with Crippen LogP contribution in [-0.4, -0.2) is 29.9 Å². The Bertz CT molecular complexity index is 996. The van der Waals surface area contributed by atoms with Crippen molar-refractivity contribution in [2.75, 3.05) is 13.2 Å². The smallest absolute Gasteiger partial charge is 0.331 e. The summed E-state index contributed by atoms with van der Waals surface area (Å²) < 4.78 is 5.20. The molecule has 31 heavy (non-hydrogen) atoms. The van der Waals surface area contributed by atoms with Gasteiger partial charge in [0, 0.05) is 19.2 Å². The first-order chi connectivity index (χ1) is 15.1. The van der Waals surface area contributed by atoms with E-state index >= 15 is 0 Å². The van der Waals surface area contributed by atoms with E-state index in [-0.39, 0.29) is 12.5 Å². The molecule has 3 rings (SSSR count). The summed E-state index contributed by atoms with van der Waals surface area (Å²) in [4.78, 5) is 26.6. The number of carbonyl (C=O) groups excluding carboxylic acids is 2. The first kappa shape index (κ1) is 22.0. The van der Waals surface area contributed by atoms with Crippen LogP contribution in [0.2, 0.25) is 0 Å². The van der Waals surface area contributed by atoms with Crippen LogP contribution in [0.15, 0.2) is 91.0 Å². The van der Waals surface area contributed by atoms with Crippen LogP contribution in [0.4, 0.5) is 0 Å². The monoisotopic (exact) mass is 413 g/mol. The molecular weight excluding hydrogens is 386 g/mol. The second-order valence-corrected chi connectivity index (χ2v) is 7.39. The maximum Gasteiger partial charge on any atom is 0.331 e. The zero-order valence-electron chi connectivity index (χ0n) is 17.7. The molecule has 1 amide bonds. The standard InChI is InChI=1S/C27H27NO3/c1-22-12-14-24(15-13-22)16-17-27(30)31-21-26(29)28(20-25-10-6-3-7-11-25)19-18-23-8-4-2-5-9-23/h2-17H,18-21H2,1H3/b17-16+. The fraction of sp³-hybridized carbons (Fsp3) is 0.185. The number of carbonyl (C=O) groups is 2. The lowest BCUT2D eigenvalue weighted by molar-refractivity contribution is -0.148. The molecule has 0 N–H and O–H groups in total. The van der Waals surface area contributed by atoms with Gasteiger partial charge in [-0.05, 0) is 36.1 Å². The number of hydrogen-bond donors (Lipinski definition) is 0. The first-order valence-corrected chi connectivity index (χ1v) is 10.4. The molecule has 0 aliphatic rings. The predicted molar refractivity (Wildman–Crippen MR) is 123 cm³/mol. The summed E-state index contributed by atoms with van der Waals surface area (Å²) in [5.41, 5.74) is 4.25. The van der Waals surface area contributed by atoms with Crippen LogP contribution in [-0.2, 0) is 27.3 Å². The summed E-state index contributed by atoms with van der Waals surface area (Å²) in [6, 6.07) is 27.6. The fourth-order valence-corrected chi connectivity index (χ4v) is 3.12. The summed E-state index contributed by atoms with van der Waals surface area (Å²) in [5, 5.41) is 0. The molecule has 0 unspecified atom stereocenters. The van der Waals surface area contributed by atoms with E-state index in [1.165, 1.54) is 6.08 Å². The Morgan fingerprint density at radius 1 is 0.839 bits per heavy atom. The minimum Gasteiger partial charge on any atom is -0.452 e. The number of aryl methyl sites for hydroxylation is 1. The highest BCUT2D eigenvalue weighted by molar-refractivity contribution is 5.89. The van der Waals surface area contributed by atoms with Crippen molar-refractivity contribution in [2.24, 2.45) is 0 Å². The highest BCUT2D eigenvalue weighted by Crippen LogP contribution is 2.09. The van der Waals surface area contributed by atoms with Crippen LogP contribution in [0.5, 0.6) is 0 Å². The number of esters is 1. The number of rotatable bonds is 9. The quantitative estimate of drug-likeness (QED) is 0.373. The molecule has 4 nitrogen and oxygen atoms in total. The van der Waals surface area contributed by atoms with E-state index in [0.29, 0.717) is 13.1 Å². The van der Waals surface area contributed by atoms with Gasteiger partial charge >= 0.3 is 5.97 Å². The van der Waals surface area contributed by atoms with Gasteiger partial charge in [-0.2, -0.15) is 0 Å². The van der Waals surface area contributed by atoms with Gasteiger partial charge in [0.25, 0.3) is 5.91 Å². The number of nitrogens with zero attached hydrogens (tertiary/aromatic N) is 1. The van der Waals surface area contributed by atoms with Gasteiger partial charge in [0.05, 0.1) is 0 Å². The summed E-state index contributed by atoms with van der Waals surface area (Å²) in [7, 11) is 0. The van der Waals surface area contributed by atoms with E-state index < -0.39 is 5.97 Å². The molecule has 0 fully saturated rings. The van der Waals surface area contributed by atoms with E-state index in [4.69, 9.17) is 4.74 Å². The number of benzene rings is 3. The maximum atomic E-state index is 12.8. The molecule has 3 aromatic rings. The van der Waals surface area contributed by atoms with Crippen LogP contribution in [0.1, 0.15) is 22.3 Å². The Morgan fingerprint density at radius 3 is 2.10 bits per heavy atom. The molecule has 0 spiro atoms. The highest BCUT2D eigenvalue weighted by Gasteiger charge is 2.16. The third-order valence-corrected chi connectivity index (χ3v) is 4.91. The molecule has 0 bridgehead atoms. The first-order valence-electron chi connectivity index (χ1n) is 10.4. The highest BCUT2D eigenvalue weighted by atomic mass is 16.5. The van der Waals surface area contributed by atoms with Gasteiger partial charge in [-0.15, -0.1) is 0 Å². The Balaban J connectivity index is 1.57. The molecule has 0 aliphatic heterocycles. The summed E-state index contributed by atoms with van der Waals surface area (Å²) in [6.07, 6.45) is 3.77. The average molecular weight is 414 g/mol. The molecule has 0 atom stereocenters. The van der Waals surface area contributed by atoms with E-state index in [0.717, 1.165) is 28.7 Å². The van der Waals surface area contributed by atoms with Crippen LogP contribution in [0, 0.1) is 6.92 Å². The second-order valence-electron chi connectivity index (χ2n) is 7.39. The number of hydrogen-bond acceptors (Lipinski definition) is 3. The van der Waals surface area contributed by atoms with E-state index in [9.17, 15) is 9.59 Å². The van der Waals surface area contributed by atoms with Crippen molar-refractivity contribution in [3.05, 3.63) is 113 Å². The molecule has 4 heteroatoms. The van der Waals surface area contributed by atoms with Crippen molar-refractivity contribution < 1.29 is 14.3 Å². The number of ether oxygens (including phenoxy) is 1. The third-order valence-electron chi connectivity index (χ3n) is 4.91. The van der Waals surface area contributed by atoms with Crippen molar-refractivity contribution in [2.45, 2.75) is 19.9 Å². The third kappa shape index (κ3) is 7.59.